The Kier molecular flexibility index (Phi) is 88.2. The van der Waals surface area contributed by atoms with E-state index in [-0.39, 0.29) is 0 Å². The van der Waals surface area contributed by atoms with Gasteiger partial charge in [0, 0.05) is 48.5 Å². The Balaban J connectivity index is 0.000000809. The molecule has 0 amide bonds. The van der Waals surface area contributed by atoms with Crippen LogP contribution in [0.15, 0.2) is 60.2 Å². The summed E-state index contributed by atoms with van der Waals surface area (Å²) in [6.45, 7) is 11.3. The Morgan fingerprint density at radius 2 is 0.415 bits per heavy atom. The Morgan fingerprint density at radius 1 is 0.229 bits per heavy atom. The van der Waals surface area contributed by atoms with Crippen LogP contribution in [0.3, 0.4) is 0 Å². The second kappa shape index (κ2) is 93.5. The molecule has 2 aromatic carbocycles. The van der Waals surface area contributed by atoms with E-state index < -0.39 is 0 Å². The molecule has 2 aromatic rings. The monoisotopic (exact) mass is 1720 g/mol. The van der Waals surface area contributed by atoms with Crippen molar-refractivity contribution in [1.82, 2.24) is 0 Å². The summed E-state index contributed by atoms with van der Waals surface area (Å²) in [4.78, 5) is 3.10. The first-order valence-corrected chi connectivity index (χ1v) is 56.2. The molecule has 0 unspecified atom stereocenters. The predicted molar refractivity (Wildman–Crippen MR) is 529 cm³/mol. The third-order valence-corrected chi connectivity index (χ3v) is 28.2. The molecule has 0 aromatic heterocycles. The molecular formula is C115H204N2Pd. The molecule has 0 bridgehead atoms. The molecular weight excluding hydrogens is 1520 g/mol. The second-order valence-electron chi connectivity index (χ2n) is 37.4. The molecule has 0 saturated carbocycles. The number of rotatable bonds is 90. The van der Waals surface area contributed by atoms with Crippen molar-refractivity contribution in [3.8, 4) is 23.7 Å². The van der Waals surface area contributed by atoms with Crippen LogP contribution in [0.2, 0.25) is 9.79 Å². The van der Waals surface area contributed by atoms with Crippen LogP contribution in [0.5, 0.6) is 0 Å². The first-order chi connectivity index (χ1) is 58.6. The first-order valence-electron chi connectivity index (χ1n) is 54.0. The Bertz CT molecular complexity index is 2540. The van der Waals surface area contributed by atoms with Crippen molar-refractivity contribution in [3.63, 3.8) is 0 Å². The minimum Gasteiger partial charge on any atom is -0.0654 e. The molecule has 0 saturated heterocycles. The number of allylic oxidation sites excluding steroid dienone is 2. The van der Waals surface area contributed by atoms with Gasteiger partial charge in [0.15, 0.2) is 0 Å². The Morgan fingerprint density at radius 3 is 0.653 bits per heavy atom. The summed E-state index contributed by atoms with van der Waals surface area (Å²) in [5.74, 6) is 13.8. The molecule has 0 atom stereocenters. The van der Waals surface area contributed by atoms with Crippen molar-refractivity contribution in [2.45, 2.75) is 609 Å². The van der Waals surface area contributed by atoms with Gasteiger partial charge < -0.3 is 5.53 Å². The van der Waals surface area contributed by atoms with Crippen LogP contribution in [0.4, 0.5) is 0 Å². The average molecular weight is 1720 g/mol. The zero-order valence-corrected chi connectivity index (χ0v) is 82.1. The molecule has 2 nitrogen and oxygen atoms in total. The van der Waals surface area contributed by atoms with Crippen LogP contribution in [0, 0.1) is 23.7 Å². The topological polar surface area (TPSA) is 25.3 Å². The van der Waals surface area contributed by atoms with Crippen LogP contribution in [0.1, 0.15) is 609 Å². The third kappa shape index (κ3) is 73.6. The summed E-state index contributed by atoms with van der Waals surface area (Å²) >= 11 is 1.05. The standard InChI is InChI=1S/C61H94N2.2C27H55.Pd/c1-4-6-8-10-12-14-16-18-20-22-24-26-28-30-32-34-36-38-40-42-48-56-50-44-46-52-58(56)60-54-55(3)61(63(60)62)59-53-47-45-51-57(59)49-43-41-39-37-35-33-31-29-27-25-23-21-19-17-15-13-11-9-7-5-2;2*1-3-5-7-9-11-13-15-17-19-21-23-25-27-26-24-22-20-18-16-14-12-10-8-6-4-2;/h44-47,50-54H,4-37,42-43,48-49H2,1-3H3;2*1,3-27H2,2H3;. The fraction of sp³-hybridized carbons (Fsp3) is 0.826. The van der Waals surface area contributed by atoms with Gasteiger partial charge in [-0.25, -0.2) is 4.70 Å². The number of aryl methyl sites for hydroxylation is 2. The summed E-state index contributed by atoms with van der Waals surface area (Å²) in [6.07, 6.45) is 127. The van der Waals surface area contributed by atoms with Gasteiger partial charge in [-0.3, -0.25) is 0 Å². The van der Waals surface area contributed by atoms with Crippen LogP contribution in [-0.2, 0) is 30.8 Å². The molecule has 3 rings (SSSR count). The van der Waals surface area contributed by atoms with E-state index >= 15 is 0 Å². The quantitative estimate of drug-likeness (QED) is 0.0273. The number of nitrogens with zero attached hydrogens (tertiary/aromatic N) is 2. The Labute approximate surface area is 749 Å². The molecule has 3 heteroatoms. The van der Waals surface area contributed by atoms with Gasteiger partial charge in [0.25, 0.3) is 0 Å². The molecule has 118 heavy (non-hydrogen) atoms. The van der Waals surface area contributed by atoms with Gasteiger partial charge in [-0.15, -0.1) is 23.7 Å². The van der Waals surface area contributed by atoms with Crippen molar-refractivity contribution < 1.29 is 22.7 Å². The van der Waals surface area contributed by atoms with Crippen molar-refractivity contribution in [2.24, 2.45) is 0 Å². The van der Waals surface area contributed by atoms with Gasteiger partial charge in [0.1, 0.15) is 0 Å². The maximum absolute atomic E-state index is 11.7. The molecule has 0 radical (unpaired) electrons. The Hall–Kier alpha value is -2.70. The zero-order chi connectivity index (χ0) is 84.2. The van der Waals surface area contributed by atoms with E-state index in [0.717, 1.165) is 84.6 Å². The van der Waals surface area contributed by atoms with Gasteiger partial charge in [-0.05, 0) is 55.9 Å². The van der Waals surface area contributed by atoms with Crippen LogP contribution in [0.25, 0.3) is 16.9 Å². The van der Waals surface area contributed by atoms with Gasteiger partial charge >= 0.3 is 169 Å². The number of hydrogen-bond acceptors (Lipinski definition) is 0. The zero-order valence-electron chi connectivity index (χ0n) is 80.5. The summed E-state index contributed by atoms with van der Waals surface area (Å²) in [7, 11) is 0. The van der Waals surface area contributed by atoms with E-state index in [2.05, 4.69) is 113 Å². The molecule has 1 aliphatic rings. The summed E-state index contributed by atoms with van der Waals surface area (Å²) < 4.78 is 1.43. The van der Waals surface area contributed by atoms with Crippen LogP contribution < -0.4 is 0 Å². The third-order valence-electron chi connectivity index (χ3n) is 26.0. The predicted octanol–water partition coefficient (Wildman–Crippen LogP) is 41.1. The minimum atomic E-state index is 0.844. The molecule has 1 heterocycles. The number of unbranched alkanes of at least 4 members (excludes halogenated alkanes) is 80. The van der Waals surface area contributed by atoms with Crippen LogP contribution in [-0.4, -0.2) is 4.70 Å². The van der Waals surface area contributed by atoms with E-state index in [1.807, 2.05) is 0 Å². The van der Waals surface area contributed by atoms with Gasteiger partial charge in [0.2, 0.25) is 11.4 Å². The molecule has 0 N–H and O–H groups in total. The van der Waals surface area contributed by atoms with Crippen molar-refractivity contribution in [3.05, 3.63) is 88.0 Å². The summed E-state index contributed by atoms with van der Waals surface area (Å²) in [5.41, 5.74) is 19.2. The first kappa shape index (κ1) is 111. The molecule has 684 valence electrons. The van der Waals surface area contributed by atoms with Gasteiger partial charge in [-0.2, -0.15) is 0 Å². The van der Waals surface area contributed by atoms with Gasteiger partial charge in [0.05, 0.1) is 0 Å². The fourth-order valence-corrected chi connectivity index (χ4v) is 20.0. The van der Waals surface area contributed by atoms with E-state index in [1.54, 1.807) is 9.79 Å². The van der Waals surface area contributed by atoms with E-state index in [1.165, 1.54) is 542 Å². The normalized spacial score (nSPS) is 12.1. The van der Waals surface area contributed by atoms with Crippen LogP contribution >= 0.6 is 0 Å². The van der Waals surface area contributed by atoms with Crippen molar-refractivity contribution >= 4 is 11.4 Å². The molecule has 0 fully saturated rings. The number of benzene rings is 2. The smallest absolute Gasteiger partial charge is 0.0654 e. The molecule has 0 aliphatic carbocycles. The molecule has 0 spiro atoms. The fourth-order valence-electron chi connectivity index (χ4n) is 18.0. The van der Waals surface area contributed by atoms with E-state index in [0.29, 0.717) is 0 Å². The summed E-state index contributed by atoms with van der Waals surface area (Å²) in [6, 6.07) is 17.1. The second-order valence-corrected chi connectivity index (χ2v) is 39.8. The van der Waals surface area contributed by atoms with Crippen molar-refractivity contribution in [2.75, 3.05) is 0 Å². The van der Waals surface area contributed by atoms with E-state index in [9.17, 15) is 5.53 Å². The molecule has 1 aliphatic heterocycles. The minimum absolute atomic E-state index is 0.844. The maximum atomic E-state index is 11.7. The number of hydrogen-bond donors (Lipinski definition) is 0. The SMILES string of the molecule is CCCCCCCCCCCCCCCCCCC#CCCc1ccccc1C1=CC(C)=C(c2ccccc2CCC#CCCCCCCCCCCCCCCCCCC)[N+]1=[N-].CCCCCCCCCCCCCCCCCCCCCCCCCC[CH2][Pd][CH2]CCCCCCCCCCCCCCCCCCCCCCCCCC. The van der Waals surface area contributed by atoms with Gasteiger partial charge in [-0.1, -0.05) is 437 Å². The summed E-state index contributed by atoms with van der Waals surface area (Å²) in [5, 5.41) is 0. The van der Waals surface area contributed by atoms with Crippen molar-refractivity contribution in [1.29, 1.82) is 0 Å². The average Bonchev–Trinajstić information content (AvgIpc) is 1.63. The van der Waals surface area contributed by atoms with E-state index in [4.69, 9.17) is 0 Å².